The fraction of sp³-hybridized carbons (Fsp3) is 0.167. The van der Waals surface area contributed by atoms with Gasteiger partial charge in [0.25, 0.3) is 5.91 Å². The Morgan fingerprint density at radius 3 is 2.64 bits per heavy atom. The molecule has 6 nitrogen and oxygen atoms in total. The van der Waals surface area contributed by atoms with Crippen molar-refractivity contribution < 1.29 is 14.7 Å². The van der Waals surface area contributed by atoms with Crippen LogP contribution in [0.15, 0.2) is 47.6 Å². The largest absolute Gasteiger partial charge is 0.507 e. The van der Waals surface area contributed by atoms with Crippen molar-refractivity contribution in [3.8, 4) is 5.75 Å². The van der Waals surface area contributed by atoms with Crippen LogP contribution in [0.4, 0.5) is 5.69 Å². The number of benzene rings is 2. The molecule has 25 heavy (non-hydrogen) atoms. The maximum atomic E-state index is 12.1. The minimum Gasteiger partial charge on any atom is -0.507 e. The summed E-state index contributed by atoms with van der Waals surface area (Å²) >= 11 is 2.17. The van der Waals surface area contributed by atoms with Gasteiger partial charge in [-0.2, -0.15) is 5.10 Å². The number of halogens is 1. The van der Waals surface area contributed by atoms with Crippen molar-refractivity contribution in [2.24, 2.45) is 5.10 Å². The summed E-state index contributed by atoms with van der Waals surface area (Å²) in [5, 5.41) is 16.6. The molecule has 0 atom stereocenters. The molecular formula is C18H18IN3O3. The molecule has 0 bridgehead atoms. The molecule has 130 valence electrons. The standard InChI is InChI=1S/C18H18IN3O3/c1-11-5-3-8-15(17(11)24)18(25)22-21-12(2)9-16(23)20-14-7-4-6-13(19)10-14/h3-8,10,24H,9H2,1-2H3,(H,20,23)(H,22,25). The molecule has 0 radical (unpaired) electrons. The highest BCUT2D eigenvalue weighted by molar-refractivity contribution is 14.1. The zero-order chi connectivity index (χ0) is 18.4. The molecule has 2 aromatic carbocycles. The number of nitrogens with zero attached hydrogens (tertiary/aromatic N) is 1. The van der Waals surface area contributed by atoms with E-state index in [2.05, 4.69) is 38.4 Å². The van der Waals surface area contributed by atoms with E-state index in [-0.39, 0.29) is 23.6 Å². The third kappa shape index (κ3) is 5.56. The molecule has 0 aliphatic carbocycles. The van der Waals surface area contributed by atoms with Crippen LogP contribution in [-0.4, -0.2) is 22.6 Å². The molecule has 0 unspecified atom stereocenters. The normalized spacial score (nSPS) is 11.1. The van der Waals surface area contributed by atoms with E-state index in [1.54, 1.807) is 32.0 Å². The maximum Gasteiger partial charge on any atom is 0.275 e. The van der Waals surface area contributed by atoms with E-state index in [0.29, 0.717) is 17.0 Å². The van der Waals surface area contributed by atoms with Crippen LogP contribution in [0, 0.1) is 10.5 Å². The summed E-state index contributed by atoms with van der Waals surface area (Å²) in [6.07, 6.45) is 0.0472. The number of rotatable bonds is 5. The van der Waals surface area contributed by atoms with E-state index >= 15 is 0 Å². The van der Waals surface area contributed by atoms with E-state index < -0.39 is 5.91 Å². The monoisotopic (exact) mass is 451 g/mol. The van der Waals surface area contributed by atoms with E-state index in [1.807, 2.05) is 18.2 Å². The molecule has 2 amide bonds. The van der Waals surface area contributed by atoms with Gasteiger partial charge in [-0.15, -0.1) is 0 Å². The minimum atomic E-state index is -0.529. The first-order valence-corrected chi connectivity index (χ1v) is 8.62. The van der Waals surface area contributed by atoms with E-state index in [9.17, 15) is 14.7 Å². The third-order valence-corrected chi connectivity index (χ3v) is 4.03. The van der Waals surface area contributed by atoms with Crippen LogP contribution in [0.25, 0.3) is 0 Å². The number of hydrazone groups is 1. The van der Waals surface area contributed by atoms with Gasteiger partial charge in [-0.05, 0) is 66.3 Å². The van der Waals surface area contributed by atoms with Crippen molar-refractivity contribution in [2.75, 3.05) is 5.32 Å². The Labute approximate surface area is 159 Å². The molecule has 0 saturated heterocycles. The van der Waals surface area contributed by atoms with Crippen LogP contribution in [0.3, 0.4) is 0 Å². The summed E-state index contributed by atoms with van der Waals surface area (Å²) < 4.78 is 1.02. The van der Waals surface area contributed by atoms with Gasteiger partial charge in [0.2, 0.25) is 5.91 Å². The molecule has 2 rings (SSSR count). The Morgan fingerprint density at radius 2 is 1.92 bits per heavy atom. The summed E-state index contributed by atoms with van der Waals surface area (Å²) in [4.78, 5) is 24.1. The SMILES string of the molecule is CC(CC(=O)Nc1cccc(I)c1)=NNC(=O)c1cccc(C)c1O. The second kappa shape index (κ2) is 8.61. The van der Waals surface area contributed by atoms with Crippen LogP contribution >= 0.6 is 22.6 Å². The zero-order valence-corrected chi connectivity index (χ0v) is 16.0. The lowest BCUT2D eigenvalue weighted by Crippen LogP contribution is -2.21. The number of phenolic OH excluding ortho intramolecular Hbond substituents is 1. The van der Waals surface area contributed by atoms with E-state index in [0.717, 1.165) is 3.57 Å². The number of nitrogens with one attached hydrogen (secondary N) is 2. The molecule has 3 N–H and O–H groups in total. The van der Waals surface area contributed by atoms with E-state index in [1.165, 1.54) is 6.07 Å². The third-order valence-electron chi connectivity index (χ3n) is 3.36. The first-order chi connectivity index (χ1) is 11.9. The number of aryl methyl sites for hydroxylation is 1. The fourth-order valence-electron chi connectivity index (χ4n) is 2.09. The number of amides is 2. The van der Waals surface area contributed by atoms with E-state index in [4.69, 9.17) is 0 Å². The molecule has 0 saturated carbocycles. The molecule has 0 aromatic heterocycles. The summed E-state index contributed by atoms with van der Waals surface area (Å²) in [5.41, 5.74) is 4.25. The average molecular weight is 451 g/mol. The predicted octanol–water partition coefficient (Wildman–Crippen LogP) is 3.44. The summed E-state index contributed by atoms with van der Waals surface area (Å²) in [5.74, 6) is -0.834. The summed E-state index contributed by atoms with van der Waals surface area (Å²) in [7, 11) is 0. The highest BCUT2D eigenvalue weighted by atomic mass is 127. The van der Waals surface area contributed by atoms with Crippen molar-refractivity contribution >= 4 is 45.8 Å². The number of para-hydroxylation sites is 1. The lowest BCUT2D eigenvalue weighted by Gasteiger charge is -2.07. The van der Waals surface area contributed by atoms with Gasteiger partial charge in [-0.3, -0.25) is 9.59 Å². The van der Waals surface area contributed by atoms with Crippen molar-refractivity contribution in [2.45, 2.75) is 20.3 Å². The van der Waals surface area contributed by atoms with Crippen LogP contribution in [0.5, 0.6) is 5.75 Å². The molecule has 0 spiro atoms. The van der Waals surface area contributed by atoms with Gasteiger partial charge in [-0.1, -0.05) is 18.2 Å². The fourth-order valence-corrected chi connectivity index (χ4v) is 2.64. The van der Waals surface area contributed by atoms with Crippen LogP contribution in [0.2, 0.25) is 0 Å². The van der Waals surface area contributed by atoms with Gasteiger partial charge in [0.1, 0.15) is 5.75 Å². The Kier molecular flexibility index (Phi) is 6.51. The second-order valence-corrected chi connectivity index (χ2v) is 6.74. The van der Waals surface area contributed by atoms with Gasteiger partial charge in [0.15, 0.2) is 0 Å². The Hall–Kier alpha value is -2.42. The number of hydrogen-bond donors (Lipinski definition) is 3. The topological polar surface area (TPSA) is 90.8 Å². The summed E-state index contributed by atoms with van der Waals surface area (Å²) in [6.45, 7) is 3.35. The minimum absolute atomic E-state index is 0.0472. The van der Waals surface area contributed by atoms with Gasteiger partial charge in [-0.25, -0.2) is 5.43 Å². The molecule has 7 heteroatoms. The van der Waals surface area contributed by atoms with Gasteiger partial charge in [0, 0.05) is 15.0 Å². The first kappa shape index (κ1) is 18.9. The molecule has 0 aliphatic rings. The highest BCUT2D eigenvalue weighted by Crippen LogP contribution is 2.21. The lowest BCUT2D eigenvalue weighted by atomic mass is 10.1. The van der Waals surface area contributed by atoms with Crippen LogP contribution < -0.4 is 10.7 Å². The molecule has 2 aromatic rings. The Balaban J connectivity index is 1.93. The first-order valence-electron chi connectivity index (χ1n) is 7.54. The lowest BCUT2D eigenvalue weighted by molar-refractivity contribution is -0.115. The molecule has 0 fully saturated rings. The zero-order valence-electron chi connectivity index (χ0n) is 13.8. The molecule has 0 heterocycles. The number of carbonyl (C=O) groups excluding carboxylic acids is 2. The predicted molar refractivity (Wildman–Crippen MR) is 106 cm³/mol. The number of carbonyl (C=O) groups is 2. The maximum absolute atomic E-state index is 12.1. The number of phenols is 1. The van der Waals surface area contributed by atoms with Crippen LogP contribution in [-0.2, 0) is 4.79 Å². The highest BCUT2D eigenvalue weighted by Gasteiger charge is 2.12. The number of aromatic hydroxyl groups is 1. The Morgan fingerprint density at radius 1 is 1.20 bits per heavy atom. The smallest absolute Gasteiger partial charge is 0.275 e. The van der Waals surface area contributed by atoms with Gasteiger partial charge in [0.05, 0.1) is 12.0 Å². The second-order valence-electron chi connectivity index (χ2n) is 5.49. The van der Waals surface area contributed by atoms with Gasteiger partial charge < -0.3 is 10.4 Å². The van der Waals surface area contributed by atoms with Crippen molar-refractivity contribution in [1.82, 2.24) is 5.43 Å². The van der Waals surface area contributed by atoms with Gasteiger partial charge >= 0.3 is 0 Å². The average Bonchev–Trinajstić information content (AvgIpc) is 2.55. The number of anilines is 1. The Bertz CT molecular complexity index is 834. The van der Waals surface area contributed by atoms with Crippen molar-refractivity contribution in [3.05, 3.63) is 57.2 Å². The summed E-state index contributed by atoms with van der Waals surface area (Å²) in [6, 6.07) is 12.3. The molecule has 0 aliphatic heterocycles. The quantitative estimate of drug-likeness (QED) is 0.370. The van der Waals surface area contributed by atoms with Crippen molar-refractivity contribution in [1.29, 1.82) is 0 Å². The molecular weight excluding hydrogens is 433 g/mol. The number of hydrogen-bond acceptors (Lipinski definition) is 4. The van der Waals surface area contributed by atoms with Crippen molar-refractivity contribution in [3.63, 3.8) is 0 Å². The van der Waals surface area contributed by atoms with Crippen LogP contribution in [0.1, 0.15) is 29.3 Å².